The molecule has 8 atom stereocenters. The molecular formula is C16H56O12S4. The van der Waals surface area contributed by atoms with E-state index in [-0.39, 0.29) is 83.7 Å². The first-order valence-corrected chi connectivity index (χ1v) is 4.98. The molecule has 0 amide bonds. The molecule has 32 heavy (non-hydrogen) atoms. The molecule has 12 N–H and O–H groups in total. The van der Waals surface area contributed by atoms with Crippen molar-refractivity contribution in [2.75, 3.05) is 52.6 Å². The van der Waals surface area contributed by atoms with Gasteiger partial charge in [0.05, 0.1) is 74.5 Å². The number of hydrogen-bond donors (Lipinski definition) is 12. The Morgan fingerprint density at radius 3 is 0.500 bits per heavy atom. The molecule has 0 bridgehead atoms. The number of aliphatic hydroxyl groups excluding tert-OH is 4. The molecule has 0 fully saturated rings. The van der Waals surface area contributed by atoms with Crippen LogP contribution in [-0.2, 0) is 0 Å². The van der Waals surface area contributed by atoms with E-state index in [9.17, 15) is 0 Å². The molecule has 0 radical (unpaired) electrons. The van der Waals surface area contributed by atoms with Crippen LogP contribution in [0.25, 0.3) is 0 Å². The topological polar surface area (TPSA) is 243 Å². The number of hydrogen-bond acceptors (Lipinski definition) is 12. The lowest BCUT2D eigenvalue weighted by molar-refractivity contribution is 0.0450. The number of aliphatic hydroxyl groups is 12. The lowest BCUT2D eigenvalue weighted by Gasteiger charge is -1.96. The van der Waals surface area contributed by atoms with Gasteiger partial charge < -0.3 is 61.3 Å². The second kappa shape index (κ2) is 69.7. The first kappa shape index (κ1) is 24.6. The average Bonchev–Trinajstić information content (AvgIpc) is 2.65. The van der Waals surface area contributed by atoms with E-state index in [1.165, 1.54) is 0 Å². The van der Waals surface area contributed by atoms with Crippen LogP contribution in [0.5, 0.6) is 0 Å². The Kier molecular flexibility index (Phi) is 53.6. The van der Waals surface area contributed by atoms with Crippen molar-refractivity contribution < 1.29 is 83.2 Å². The summed E-state index contributed by atoms with van der Waals surface area (Å²) in [5.74, 6) is 0. The van der Waals surface area contributed by atoms with Gasteiger partial charge in [-0.3, -0.25) is 0 Å². The lowest BCUT2D eigenvalue weighted by atomic mass is 10.6. The molecule has 0 heterocycles. The van der Waals surface area contributed by atoms with Crippen LogP contribution in [0.15, 0.2) is 0 Å². The van der Waals surface area contributed by atoms with E-state index in [0.717, 1.165) is 0 Å². The minimum Gasteiger partial charge on any atom is -0.394 e. The SMILES string of the molecule is C.C.C.C.S.S.S.S.[2H][13C@@H](O)[C@@]([2H])(O)C([2H])([2H])O.[2H][13C@@H](O)[C@]([2H])(O)C([2H])([2H])O.[2H][13C@H](O)[C@@]([2H])(O)C([2H])([2H])O.[2H][13C@H](O)[C@]([2H])(O)C([2H])([2H])O. The van der Waals surface area contributed by atoms with Gasteiger partial charge in [-0.15, -0.1) is 0 Å². The minimum atomic E-state index is -3.30. The summed E-state index contributed by atoms with van der Waals surface area (Å²) in [5.41, 5.74) is 0. The monoisotopic (exact) mass is 588 g/mol. The Bertz CT molecular complexity index is 616. The Labute approximate surface area is 244 Å². The average molecular weight is 589 g/mol. The largest absolute Gasteiger partial charge is 0.394 e. The van der Waals surface area contributed by atoms with E-state index in [1.807, 2.05) is 0 Å². The Hall–Kier alpha value is 0.920. The summed E-state index contributed by atoms with van der Waals surface area (Å²) in [6.07, 6.45) is -12.8. The summed E-state index contributed by atoms with van der Waals surface area (Å²) in [4.78, 5) is 0. The van der Waals surface area contributed by atoms with Crippen molar-refractivity contribution >= 4 is 54.0 Å². The van der Waals surface area contributed by atoms with E-state index in [1.54, 1.807) is 0 Å². The van der Waals surface area contributed by atoms with E-state index in [2.05, 4.69) is 0 Å². The highest BCUT2D eigenvalue weighted by Gasteiger charge is 1.95. The quantitative estimate of drug-likeness (QED) is 0.123. The van der Waals surface area contributed by atoms with Gasteiger partial charge in [-0.1, -0.05) is 29.7 Å². The summed E-state index contributed by atoms with van der Waals surface area (Å²) in [6.45, 7) is -22.8. The van der Waals surface area contributed by atoms with Gasteiger partial charge in [-0.25, -0.2) is 0 Å². The molecule has 0 rings (SSSR count). The van der Waals surface area contributed by atoms with Gasteiger partial charge in [0, 0.05) is 0 Å². The first-order chi connectivity index (χ1) is 16.8. The molecule has 0 unspecified atom stereocenters. The van der Waals surface area contributed by atoms with Crippen molar-refractivity contribution in [1.82, 2.24) is 0 Å². The van der Waals surface area contributed by atoms with Crippen LogP contribution in [-0.4, -0.2) is 138 Å². The van der Waals surface area contributed by atoms with Crippen LogP contribution in [0, 0.1) is 0 Å². The molecule has 0 aliphatic carbocycles. The van der Waals surface area contributed by atoms with Crippen molar-refractivity contribution in [3.63, 3.8) is 0 Å². The Morgan fingerprint density at radius 2 is 0.500 bits per heavy atom. The zero-order chi connectivity index (χ0) is 34.3. The summed E-state index contributed by atoms with van der Waals surface area (Å²) in [6, 6.07) is 0. The van der Waals surface area contributed by atoms with Crippen LogP contribution in [0.4, 0.5) is 0 Å². The predicted molar refractivity (Wildman–Crippen MR) is 149 cm³/mol. The normalized spacial score (nSPS) is 27.9. The summed E-state index contributed by atoms with van der Waals surface area (Å²) < 4.78 is 102. The van der Waals surface area contributed by atoms with E-state index in [0.29, 0.717) is 0 Å². The third-order valence-corrected chi connectivity index (χ3v) is 0.947. The molecular weight excluding hydrogens is 516 g/mol. The fraction of sp³-hybridized carbons (Fsp3) is 1.00. The maximum absolute atomic E-state index is 8.53. The maximum Gasteiger partial charge on any atom is 0.100 e. The molecule has 0 aromatic heterocycles. The first-order valence-electron chi connectivity index (χ1n) is 13.3. The van der Waals surface area contributed by atoms with Crippen LogP contribution >= 0.6 is 54.0 Å². The van der Waals surface area contributed by atoms with Gasteiger partial charge in [0.15, 0.2) is 0 Å². The standard InChI is InChI=1S/4C3H8O3.4CH4.4H2S/c4*4-1-3(6)2-5;;;;;;;;/h4*3-6H,1-2H2;4*1H4;4*1H2/i4*1D2,2+1D,3D;;;;;;;;/t2*2-,3+;2*2-,3-;;;;;;;;/m1010......../s1. The van der Waals surface area contributed by atoms with Crippen molar-refractivity contribution in [3.05, 3.63) is 0 Å². The van der Waals surface area contributed by atoms with Crippen molar-refractivity contribution in [2.45, 2.75) is 54.0 Å². The third kappa shape index (κ3) is 96.7. The fourth-order valence-electron chi connectivity index (χ4n) is 0.115. The molecule has 12 nitrogen and oxygen atoms in total. The third-order valence-electron chi connectivity index (χ3n) is 0.947. The van der Waals surface area contributed by atoms with Gasteiger partial charge in [-0.05, 0) is 0 Å². The van der Waals surface area contributed by atoms with Crippen LogP contribution in [0.1, 0.15) is 51.6 Å². The maximum atomic E-state index is 8.53. The molecule has 216 valence electrons. The molecule has 0 spiro atoms. The zero-order valence-electron chi connectivity index (χ0n) is 29.7. The second-order valence-electron chi connectivity index (χ2n) is 2.50. The summed E-state index contributed by atoms with van der Waals surface area (Å²) >= 11 is 0. The van der Waals surface area contributed by atoms with Crippen molar-refractivity contribution in [2.24, 2.45) is 0 Å². The molecule has 0 saturated heterocycles. The van der Waals surface area contributed by atoms with E-state index < -0.39 is 76.9 Å². The van der Waals surface area contributed by atoms with Gasteiger partial charge in [0.1, 0.15) is 24.3 Å². The smallest absolute Gasteiger partial charge is 0.100 e. The summed E-state index contributed by atoms with van der Waals surface area (Å²) in [5, 5.41) is 100. The molecule has 0 saturated carbocycles. The molecule has 0 aliphatic heterocycles. The van der Waals surface area contributed by atoms with E-state index in [4.69, 9.17) is 83.2 Å². The van der Waals surface area contributed by atoms with Gasteiger partial charge >= 0.3 is 0 Å². The Balaban J connectivity index is -0.0000000341. The van der Waals surface area contributed by atoms with Gasteiger partial charge in [0.2, 0.25) is 0 Å². The van der Waals surface area contributed by atoms with Crippen LogP contribution in [0.2, 0.25) is 0 Å². The highest BCUT2D eigenvalue weighted by atomic mass is 32.1. The predicted octanol–water partition coefficient (Wildman–Crippen LogP) is -3.68. The minimum absolute atomic E-state index is 0. The second-order valence-corrected chi connectivity index (χ2v) is 2.50. The number of rotatable bonds is 8. The van der Waals surface area contributed by atoms with Crippen molar-refractivity contribution in [1.29, 1.82) is 0 Å². The van der Waals surface area contributed by atoms with Gasteiger partial charge in [-0.2, -0.15) is 54.0 Å². The lowest BCUT2D eigenvalue weighted by Crippen LogP contribution is -2.15. The van der Waals surface area contributed by atoms with Crippen molar-refractivity contribution in [3.8, 4) is 0 Å². The molecule has 0 aromatic carbocycles. The highest BCUT2D eigenvalue weighted by molar-refractivity contribution is 7.59. The molecule has 16 heteroatoms. The molecule has 0 aromatic rings. The van der Waals surface area contributed by atoms with E-state index >= 15 is 0 Å². The Morgan fingerprint density at radius 1 is 0.406 bits per heavy atom. The summed E-state index contributed by atoms with van der Waals surface area (Å²) in [7, 11) is 0. The zero-order valence-corrected chi connectivity index (χ0v) is 17.7. The van der Waals surface area contributed by atoms with Crippen LogP contribution < -0.4 is 0 Å². The van der Waals surface area contributed by atoms with Crippen LogP contribution in [0.3, 0.4) is 0 Å². The van der Waals surface area contributed by atoms with Gasteiger partial charge in [0.25, 0.3) is 0 Å². The fourth-order valence-corrected chi connectivity index (χ4v) is 0.115. The highest BCUT2D eigenvalue weighted by Crippen LogP contribution is 1.73. The molecule has 0 aliphatic rings.